The third-order valence-corrected chi connectivity index (χ3v) is 4.58. The van der Waals surface area contributed by atoms with Crippen molar-refractivity contribution in [1.29, 1.82) is 0 Å². The molecule has 0 saturated carbocycles. The van der Waals surface area contributed by atoms with E-state index in [1.54, 1.807) is 17.4 Å². The topological polar surface area (TPSA) is 87.6 Å². The average Bonchev–Trinajstić information content (AvgIpc) is 3.30. The second-order valence-corrected chi connectivity index (χ2v) is 6.43. The fraction of sp³-hybridized carbons (Fsp3) is 0.588. The molecule has 8 nitrogen and oxygen atoms in total. The molecule has 25 heavy (non-hydrogen) atoms. The van der Waals surface area contributed by atoms with Crippen LogP contribution < -0.4 is 5.32 Å². The molecule has 0 radical (unpaired) electrons. The number of piperidine rings is 1. The maximum Gasteiger partial charge on any atom is 0.318 e. The number of rotatable bonds is 7. The molecule has 0 bridgehead atoms. The normalized spacial score (nSPS) is 18.2. The van der Waals surface area contributed by atoms with Gasteiger partial charge in [-0.3, -0.25) is 4.90 Å². The van der Waals surface area contributed by atoms with Gasteiger partial charge in [0.05, 0.1) is 24.5 Å². The van der Waals surface area contributed by atoms with Gasteiger partial charge in [-0.25, -0.2) is 14.8 Å². The van der Waals surface area contributed by atoms with E-state index in [1.165, 1.54) is 32.0 Å². The highest BCUT2D eigenvalue weighted by Gasteiger charge is 2.20. The Labute approximate surface area is 147 Å². The van der Waals surface area contributed by atoms with Crippen molar-refractivity contribution < 1.29 is 13.6 Å². The van der Waals surface area contributed by atoms with E-state index in [4.69, 9.17) is 8.83 Å². The summed E-state index contributed by atoms with van der Waals surface area (Å²) < 4.78 is 9.98. The van der Waals surface area contributed by atoms with Gasteiger partial charge < -0.3 is 19.1 Å². The minimum atomic E-state index is -0.143. The first kappa shape index (κ1) is 17.5. The lowest BCUT2D eigenvalue weighted by molar-refractivity contribution is 0.156. The highest BCUT2D eigenvalue weighted by Crippen LogP contribution is 2.15. The summed E-state index contributed by atoms with van der Waals surface area (Å²) in [6, 6.07) is 0.447. The molecule has 0 aromatic carbocycles. The molecule has 136 valence electrons. The Morgan fingerprint density at radius 1 is 1.24 bits per heavy atom. The van der Waals surface area contributed by atoms with Crippen LogP contribution in [-0.4, -0.2) is 51.5 Å². The first-order chi connectivity index (χ1) is 12.2. The number of nitrogens with zero attached hydrogens (tertiary/aromatic N) is 4. The van der Waals surface area contributed by atoms with Crippen LogP contribution in [0.3, 0.4) is 0 Å². The van der Waals surface area contributed by atoms with Crippen molar-refractivity contribution in [2.24, 2.45) is 0 Å². The highest BCUT2D eigenvalue weighted by atomic mass is 16.3. The van der Waals surface area contributed by atoms with Gasteiger partial charge in [-0.2, -0.15) is 0 Å². The number of oxazole rings is 2. The van der Waals surface area contributed by atoms with Crippen LogP contribution in [0.2, 0.25) is 0 Å². The fourth-order valence-electron chi connectivity index (χ4n) is 3.13. The molecule has 2 amide bonds. The van der Waals surface area contributed by atoms with Crippen LogP contribution in [-0.2, 0) is 13.1 Å². The summed E-state index contributed by atoms with van der Waals surface area (Å²) in [6.07, 6.45) is 9.57. The van der Waals surface area contributed by atoms with Gasteiger partial charge in [0.1, 0.15) is 12.5 Å². The predicted octanol–water partition coefficient (Wildman–Crippen LogP) is 2.25. The van der Waals surface area contributed by atoms with Gasteiger partial charge in [0.25, 0.3) is 0 Å². The van der Waals surface area contributed by atoms with Crippen LogP contribution in [0.5, 0.6) is 0 Å². The number of carbonyl (C=O) groups excluding carboxylic acids is 1. The Morgan fingerprint density at radius 3 is 2.48 bits per heavy atom. The molecular weight excluding hydrogens is 322 g/mol. The van der Waals surface area contributed by atoms with E-state index in [0.29, 0.717) is 37.1 Å². The smallest absolute Gasteiger partial charge is 0.318 e. The molecule has 0 spiro atoms. The van der Waals surface area contributed by atoms with E-state index >= 15 is 0 Å². The monoisotopic (exact) mass is 347 g/mol. The van der Waals surface area contributed by atoms with Crippen LogP contribution >= 0.6 is 0 Å². The van der Waals surface area contributed by atoms with Gasteiger partial charge in [0.2, 0.25) is 0 Å². The van der Waals surface area contributed by atoms with Crippen LogP contribution in [0.25, 0.3) is 0 Å². The first-order valence-corrected chi connectivity index (χ1v) is 8.73. The second kappa shape index (κ2) is 8.66. The number of likely N-dealkylation sites (tertiary alicyclic amines) is 1. The third kappa shape index (κ3) is 5.06. The predicted molar refractivity (Wildman–Crippen MR) is 90.5 cm³/mol. The molecule has 3 heterocycles. The number of hydrogen-bond donors (Lipinski definition) is 1. The van der Waals surface area contributed by atoms with E-state index in [0.717, 1.165) is 13.1 Å². The molecule has 1 atom stereocenters. The van der Waals surface area contributed by atoms with Crippen molar-refractivity contribution in [3.05, 3.63) is 36.7 Å². The average molecular weight is 347 g/mol. The lowest BCUT2D eigenvalue weighted by Crippen LogP contribution is -2.45. The Bertz CT molecular complexity index is 593. The molecule has 2 aromatic rings. The van der Waals surface area contributed by atoms with Crippen LogP contribution in [0.4, 0.5) is 4.79 Å². The quantitative estimate of drug-likeness (QED) is 0.826. The number of amides is 2. The minimum Gasteiger partial charge on any atom is -0.451 e. The molecule has 1 unspecified atom stereocenters. The van der Waals surface area contributed by atoms with E-state index in [2.05, 4.69) is 27.1 Å². The van der Waals surface area contributed by atoms with Gasteiger partial charge in [-0.05, 0) is 26.3 Å². The van der Waals surface area contributed by atoms with Crippen molar-refractivity contribution in [3.8, 4) is 0 Å². The highest BCUT2D eigenvalue weighted by molar-refractivity contribution is 5.74. The molecular formula is C17H25N5O3. The Morgan fingerprint density at radius 2 is 1.92 bits per heavy atom. The molecule has 1 saturated heterocycles. The third-order valence-electron chi connectivity index (χ3n) is 4.58. The summed E-state index contributed by atoms with van der Waals surface area (Å²) in [6.45, 7) is 5.57. The van der Waals surface area contributed by atoms with Crippen molar-refractivity contribution in [2.45, 2.75) is 45.3 Å². The molecule has 8 heteroatoms. The molecule has 1 fully saturated rings. The van der Waals surface area contributed by atoms with Crippen molar-refractivity contribution >= 4 is 6.03 Å². The van der Waals surface area contributed by atoms with Gasteiger partial charge in [-0.1, -0.05) is 6.42 Å². The largest absolute Gasteiger partial charge is 0.451 e. The fourth-order valence-corrected chi connectivity index (χ4v) is 3.13. The van der Waals surface area contributed by atoms with Gasteiger partial charge in [-0.15, -0.1) is 0 Å². The van der Waals surface area contributed by atoms with Gasteiger partial charge >= 0.3 is 6.03 Å². The summed E-state index contributed by atoms with van der Waals surface area (Å²) in [5.41, 5.74) is 1.39. The van der Waals surface area contributed by atoms with Crippen LogP contribution in [0.15, 0.2) is 34.1 Å². The summed E-state index contributed by atoms with van der Waals surface area (Å²) in [5, 5.41) is 3.00. The summed E-state index contributed by atoms with van der Waals surface area (Å²) >= 11 is 0. The van der Waals surface area contributed by atoms with Crippen LogP contribution in [0.1, 0.15) is 37.6 Å². The molecule has 2 aromatic heterocycles. The zero-order chi connectivity index (χ0) is 17.5. The summed E-state index contributed by atoms with van der Waals surface area (Å²) in [4.78, 5) is 24.9. The minimum absolute atomic E-state index is 0.143. The maximum atomic E-state index is 12.6. The Hall–Kier alpha value is -2.35. The van der Waals surface area contributed by atoms with Crippen molar-refractivity contribution in [2.75, 3.05) is 19.6 Å². The maximum absolute atomic E-state index is 12.6. The molecule has 0 aliphatic carbocycles. The summed E-state index contributed by atoms with van der Waals surface area (Å²) in [7, 11) is 0. The molecule has 1 aliphatic rings. The number of carbonyl (C=O) groups is 1. The lowest BCUT2D eigenvalue weighted by Gasteiger charge is -2.33. The lowest BCUT2D eigenvalue weighted by atomic mass is 10.0. The van der Waals surface area contributed by atoms with Crippen molar-refractivity contribution in [1.82, 2.24) is 25.1 Å². The zero-order valence-electron chi connectivity index (χ0n) is 14.6. The SMILES string of the molecule is CC1CCCCN1CCNC(=O)N(Cc1cocn1)Cc1cocn1. The van der Waals surface area contributed by atoms with Gasteiger partial charge in [0, 0.05) is 19.1 Å². The van der Waals surface area contributed by atoms with Crippen molar-refractivity contribution in [3.63, 3.8) is 0 Å². The number of nitrogens with one attached hydrogen (secondary N) is 1. The second-order valence-electron chi connectivity index (χ2n) is 6.43. The van der Waals surface area contributed by atoms with E-state index < -0.39 is 0 Å². The van der Waals surface area contributed by atoms with E-state index in [-0.39, 0.29) is 6.03 Å². The standard InChI is InChI=1S/C17H25N5O3/c1-14-4-2-3-6-21(14)7-5-18-17(23)22(8-15-10-24-12-19-15)9-16-11-25-13-20-16/h10-14H,2-9H2,1H3,(H,18,23). The van der Waals surface area contributed by atoms with Gasteiger partial charge in [0.15, 0.2) is 12.8 Å². The molecule has 3 rings (SSSR count). The molecule has 1 N–H and O–H groups in total. The Balaban J connectivity index is 1.52. The zero-order valence-corrected chi connectivity index (χ0v) is 14.6. The number of hydrogen-bond acceptors (Lipinski definition) is 6. The number of urea groups is 1. The summed E-state index contributed by atoms with van der Waals surface area (Å²) in [5.74, 6) is 0. The molecule has 1 aliphatic heterocycles. The first-order valence-electron chi connectivity index (χ1n) is 8.73. The van der Waals surface area contributed by atoms with E-state index in [9.17, 15) is 4.79 Å². The van der Waals surface area contributed by atoms with E-state index in [1.807, 2.05) is 0 Å². The Kier molecular flexibility index (Phi) is 6.05. The van der Waals surface area contributed by atoms with Crippen LogP contribution in [0, 0.1) is 0 Å². The number of aromatic nitrogens is 2.